The summed E-state index contributed by atoms with van der Waals surface area (Å²) in [5.74, 6) is 1.97. The molecule has 1 aromatic heterocycles. The SMILES string of the molecule is CCCC(C)(C)CC(C)(CNC)Oc1cc(/C=C/N2CCCC2)c(C#N)cp1. The lowest BCUT2D eigenvalue weighted by Crippen LogP contribution is -2.45. The first-order chi connectivity index (χ1) is 13.3. The fourth-order valence-electron chi connectivity index (χ4n) is 4.35. The van der Waals surface area contributed by atoms with Crippen LogP contribution in [0.3, 0.4) is 0 Å². The lowest BCUT2D eigenvalue weighted by atomic mass is 9.77. The van der Waals surface area contributed by atoms with E-state index in [1.165, 1.54) is 25.7 Å². The van der Waals surface area contributed by atoms with Gasteiger partial charge in [0.2, 0.25) is 0 Å². The number of rotatable bonds is 10. The number of likely N-dealkylation sites (tertiary alicyclic amines) is 1. The second kappa shape index (κ2) is 10.3. The highest BCUT2D eigenvalue weighted by Crippen LogP contribution is 2.38. The zero-order valence-corrected chi connectivity index (χ0v) is 19.1. The van der Waals surface area contributed by atoms with Gasteiger partial charge in [0.1, 0.15) is 17.2 Å². The molecule has 5 heteroatoms. The van der Waals surface area contributed by atoms with E-state index < -0.39 is 0 Å². The van der Waals surface area contributed by atoms with Crippen molar-refractivity contribution >= 4 is 14.3 Å². The van der Waals surface area contributed by atoms with Crippen LogP contribution in [-0.4, -0.2) is 37.2 Å². The molecule has 0 aliphatic carbocycles. The smallest absolute Gasteiger partial charge is 0.146 e. The summed E-state index contributed by atoms with van der Waals surface area (Å²) < 4.78 is 6.56. The molecule has 0 radical (unpaired) electrons. The van der Waals surface area contributed by atoms with Gasteiger partial charge < -0.3 is 15.0 Å². The van der Waals surface area contributed by atoms with Crippen LogP contribution < -0.4 is 10.1 Å². The van der Waals surface area contributed by atoms with E-state index in [0.29, 0.717) is 0 Å². The Kier molecular flexibility index (Phi) is 8.35. The van der Waals surface area contributed by atoms with Crippen LogP contribution in [0.4, 0.5) is 0 Å². The summed E-state index contributed by atoms with van der Waals surface area (Å²) in [6.07, 6.45) is 10.0. The van der Waals surface area contributed by atoms with E-state index >= 15 is 0 Å². The van der Waals surface area contributed by atoms with Crippen LogP contribution in [0.1, 0.15) is 70.9 Å². The largest absolute Gasteiger partial charge is 0.482 e. The van der Waals surface area contributed by atoms with Gasteiger partial charge in [-0.2, -0.15) is 5.26 Å². The third-order valence-corrected chi connectivity index (χ3v) is 6.18. The highest BCUT2D eigenvalue weighted by Gasteiger charge is 2.33. The van der Waals surface area contributed by atoms with Crippen LogP contribution in [0.2, 0.25) is 0 Å². The molecule has 28 heavy (non-hydrogen) atoms. The summed E-state index contributed by atoms with van der Waals surface area (Å²) in [4.78, 5) is 2.32. The second-order valence-electron chi connectivity index (χ2n) is 8.95. The van der Waals surface area contributed by atoms with E-state index in [4.69, 9.17) is 4.74 Å². The maximum Gasteiger partial charge on any atom is 0.146 e. The Morgan fingerprint density at radius 2 is 2.04 bits per heavy atom. The van der Waals surface area contributed by atoms with Gasteiger partial charge in [-0.05, 0) is 83.0 Å². The molecule has 1 aliphatic heterocycles. The third-order valence-electron chi connectivity index (χ3n) is 5.32. The van der Waals surface area contributed by atoms with Gasteiger partial charge in [0.05, 0.1) is 5.56 Å². The van der Waals surface area contributed by atoms with E-state index in [1.807, 2.05) is 18.9 Å². The van der Waals surface area contributed by atoms with Gasteiger partial charge in [-0.3, -0.25) is 0 Å². The lowest BCUT2D eigenvalue weighted by Gasteiger charge is -2.38. The van der Waals surface area contributed by atoms with Crippen molar-refractivity contribution < 1.29 is 4.74 Å². The summed E-state index contributed by atoms with van der Waals surface area (Å²) in [7, 11) is 2.93. The van der Waals surface area contributed by atoms with Crippen LogP contribution in [0.15, 0.2) is 18.1 Å². The monoisotopic (exact) mass is 401 g/mol. The van der Waals surface area contributed by atoms with E-state index in [1.54, 1.807) is 0 Å². The van der Waals surface area contributed by atoms with Gasteiger partial charge in [0.15, 0.2) is 0 Å². The lowest BCUT2D eigenvalue weighted by molar-refractivity contribution is 0.0412. The maximum absolute atomic E-state index is 9.50. The van der Waals surface area contributed by atoms with Crippen molar-refractivity contribution in [1.82, 2.24) is 10.2 Å². The quantitative estimate of drug-likeness (QED) is 0.540. The molecular formula is C23H36N3OP. The van der Waals surface area contributed by atoms with Gasteiger partial charge in [-0.1, -0.05) is 27.2 Å². The fraction of sp³-hybridized carbons (Fsp3) is 0.652. The Balaban J connectivity index is 2.22. The van der Waals surface area contributed by atoms with Gasteiger partial charge in [-0.25, -0.2) is 0 Å². The average Bonchev–Trinajstić information content (AvgIpc) is 3.13. The molecule has 1 aromatic rings. The second-order valence-corrected chi connectivity index (χ2v) is 9.91. The van der Waals surface area contributed by atoms with Crippen molar-refractivity contribution in [2.75, 3.05) is 26.7 Å². The van der Waals surface area contributed by atoms with Crippen LogP contribution in [0, 0.1) is 16.7 Å². The van der Waals surface area contributed by atoms with Gasteiger partial charge >= 0.3 is 0 Å². The molecule has 1 unspecified atom stereocenters. The minimum absolute atomic E-state index is 0.225. The topological polar surface area (TPSA) is 48.3 Å². The summed E-state index contributed by atoms with van der Waals surface area (Å²) in [6, 6.07) is 4.38. The highest BCUT2D eigenvalue weighted by molar-refractivity contribution is 7.31. The molecule has 0 amide bonds. The van der Waals surface area contributed by atoms with Gasteiger partial charge in [-0.15, -0.1) is 0 Å². The molecule has 0 aromatic carbocycles. The maximum atomic E-state index is 9.50. The molecule has 2 rings (SSSR count). The van der Waals surface area contributed by atoms with Crippen LogP contribution in [0.5, 0.6) is 5.48 Å². The standard InChI is InChI=1S/C23H36N3OP/c1-6-10-22(2,3)17-23(4,18-25-5)27-21-14-19(20(15-24)16-28-21)9-13-26-11-7-8-12-26/h9,13-14,16,25H,6-8,10-12,17-18H2,1-5H3/b13-9+. The van der Waals surface area contributed by atoms with Crippen molar-refractivity contribution in [1.29, 1.82) is 5.26 Å². The number of nitrogens with one attached hydrogen (secondary N) is 1. The predicted octanol–water partition coefficient (Wildman–Crippen LogP) is 5.78. The Morgan fingerprint density at radius 1 is 1.32 bits per heavy atom. The number of ether oxygens (including phenoxy) is 1. The Labute approximate surface area is 173 Å². The number of hydrogen-bond acceptors (Lipinski definition) is 4. The van der Waals surface area contributed by atoms with Crippen molar-refractivity contribution in [2.45, 2.75) is 65.4 Å². The van der Waals surface area contributed by atoms with E-state index in [-0.39, 0.29) is 11.0 Å². The van der Waals surface area contributed by atoms with Crippen molar-refractivity contribution in [3.8, 4) is 11.6 Å². The Hall–Kier alpha value is -1.56. The molecule has 1 N–H and O–H groups in total. The first kappa shape index (κ1) is 22.7. The summed E-state index contributed by atoms with van der Waals surface area (Å²) in [5.41, 5.74) is 2.54. The zero-order chi connectivity index (χ0) is 20.6. The van der Waals surface area contributed by atoms with E-state index in [9.17, 15) is 5.26 Å². The third kappa shape index (κ3) is 6.80. The van der Waals surface area contributed by atoms with Crippen LogP contribution >= 0.6 is 8.19 Å². The number of nitrogens with zero attached hydrogens (tertiary/aromatic N) is 2. The molecule has 1 atom stereocenters. The molecule has 4 nitrogen and oxygen atoms in total. The first-order valence-electron chi connectivity index (χ1n) is 10.5. The molecule has 1 aliphatic rings. The number of likely N-dealkylation sites (N-methyl/N-ethyl adjacent to an activating group) is 1. The van der Waals surface area contributed by atoms with Gasteiger partial charge in [0, 0.05) is 19.6 Å². The predicted molar refractivity (Wildman–Crippen MR) is 120 cm³/mol. The van der Waals surface area contributed by atoms with Crippen molar-refractivity contribution in [3.63, 3.8) is 0 Å². The molecule has 0 bridgehead atoms. The zero-order valence-electron chi connectivity index (χ0n) is 18.2. The molecule has 0 spiro atoms. The minimum Gasteiger partial charge on any atom is -0.482 e. The van der Waals surface area contributed by atoms with Crippen LogP contribution in [0.25, 0.3) is 6.08 Å². The molecule has 1 fully saturated rings. The van der Waals surface area contributed by atoms with Crippen molar-refractivity contribution in [2.24, 2.45) is 5.41 Å². The summed E-state index contributed by atoms with van der Waals surface area (Å²) in [6.45, 7) is 12.1. The molecular weight excluding hydrogens is 365 g/mol. The first-order valence-corrected chi connectivity index (χ1v) is 11.4. The van der Waals surface area contributed by atoms with E-state index in [2.05, 4.69) is 56.3 Å². The normalized spacial score (nSPS) is 17.2. The summed E-state index contributed by atoms with van der Waals surface area (Å²) in [5, 5.41) is 12.8. The highest BCUT2D eigenvalue weighted by atomic mass is 31.0. The number of nitriles is 1. The Bertz CT molecular complexity index is 704. The minimum atomic E-state index is -0.284. The van der Waals surface area contributed by atoms with Crippen molar-refractivity contribution in [3.05, 3.63) is 29.2 Å². The van der Waals surface area contributed by atoms with Crippen LogP contribution in [-0.2, 0) is 0 Å². The average molecular weight is 402 g/mol. The number of hydrogen-bond donors (Lipinski definition) is 1. The van der Waals surface area contributed by atoms with E-state index in [0.717, 1.165) is 50.9 Å². The molecule has 2 heterocycles. The molecule has 0 saturated carbocycles. The molecule has 1 saturated heterocycles. The van der Waals surface area contributed by atoms with Gasteiger partial charge in [0.25, 0.3) is 0 Å². The summed E-state index contributed by atoms with van der Waals surface area (Å²) >= 11 is 0. The Morgan fingerprint density at radius 3 is 2.64 bits per heavy atom. The fourth-order valence-corrected chi connectivity index (χ4v) is 5.30. The molecule has 154 valence electrons.